The summed E-state index contributed by atoms with van der Waals surface area (Å²) in [5.41, 5.74) is 3.60. The minimum absolute atomic E-state index is 0.336. The molecule has 0 saturated heterocycles. The summed E-state index contributed by atoms with van der Waals surface area (Å²) in [5, 5.41) is 3.64. The second-order valence-corrected chi connectivity index (χ2v) is 6.40. The van der Waals surface area contributed by atoms with E-state index in [-0.39, 0.29) is 0 Å². The molecule has 132 valence electrons. The lowest BCUT2D eigenvalue weighted by molar-refractivity contribution is 0.252. The zero-order chi connectivity index (χ0) is 17.6. The van der Waals surface area contributed by atoms with Gasteiger partial charge in [0.1, 0.15) is 18.1 Å². The lowest BCUT2D eigenvalue weighted by Crippen LogP contribution is -2.26. The van der Waals surface area contributed by atoms with Crippen molar-refractivity contribution in [3.05, 3.63) is 89.7 Å². The molecule has 0 aliphatic carbocycles. The molecule has 26 heavy (non-hydrogen) atoms. The molecule has 0 saturated carbocycles. The molecule has 2 aromatic carbocycles. The largest absolute Gasteiger partial charge is 0.493 e. The first-order chi connectivity index (χ1) is 12.9. The van der Waals surface area contributed by atoms with Crippen molar-refractivity contribution in [2.24, 2.45) is 0 Å². The third-order valence-electron chi connectivity index (χ3n) is 4.59. The van der Waals surface area contributed by atoms with Gasteiger partial charge in [0, 0.05) is 37.0 Å². The predicted octanol–water partition coefficient (Wildman–Crippen LogP) is 4.27. The molecule has 0 radical (unpaired) electrons. The van der Waals surface area contributed by atoms with Crippen LogP contribution in [0.1, 0.15) is 29.2 Å². The molecule has 1 atom stereocenters. The number of ether oxygens (including phenoxy) is 2. The standard InChI is InChI=1S/C22H22N2O2/c1-2-4-22-20(3-1)21(11-14-25-22)24-15-17-5-7-19(8-6-17)26-16-18-9-12-23-13-10-18/h1-10,12-13,21,24H,11,14-16H2/t21-/m0/s1. The Morgan fingerprint density at radius 3 is 2.62 bits per heavy atom. The number of fused-ring (bicyclic) bond motifs is 1. The van der Waals surface area contributed by atoms with Crippen LogP contribution in [0, 0.1) is 0 Å². The highest BCUT2D eigenvalue weighted by Gasteiger charge is 2.20. The molecule has 1 aromatic heterocycles. The van der Waals surface area contributed by atoms with E-state index in [0.717, 1.165) is 36.6 Å². The van der Waals surface area contributed by atoms with E-state index in [1.807, 2.05) is 36.4 Å². The molecule has 0 amide bonds. The fourth-order valence-electron chi connectivity index (χ4n) is 3.14. The lowest BCUT2D eigenvalue weighted by Gasteiger charge is -2.26. The third-order valence-corrected chi connectivity index (χ3v) is 4.59. The third kappa shape index (κ3) is 4.03. The van der Waals surface area contributed by atoms with Crippen molar-refractivity contribution in [3.8, 4) is 11.5 Å². The maximum absolute atomic E-state index is 5.82. The second-order valence-electron chi connectivity index (χ2n) is 6.40. The SMILES string of the molecule is c1ccc2c(c1)OCC[C@@H]2NCc1ccc(OCc2ccncc2)cc1. The van der Waals surface area contributed by atoms with Crippen molar-refractivity contribution in [2.75, 3.05) is 6.61 Å². The zero-order valence-corrected chi connectivity index (χ0v) is 14.6. The lowest BCUT2D eigenvalue weighted by atomic mass is 10.0. The molecule has 0 bridgehead atoms. The number of aromatic nitrogens is 1. The van der Waals surface area contributed by atoms with Gasteiger partial charge in [0.25, 0.3) is 0 Å². The van der Waals surface area contributed by atoms with Crippen molar-refractivity contribution < 1.29 is 9.47 Å². The monoisotopic (exact) mass is 346 g/mol. The minimum atomic E-state index is 0.336. The van der Waals surface area contributed by atoms with Gasteiger partial charge in [-0.2, -0.15) is 0 Å². The van der Waals surface area contributed by atoms with Gasteiger partial charge in [0.05, 0.1) is 6.61 Å². The molecule has 1 aliphatic rings. The van der Waals surface area contributed by atoms with E-state index < -0.39 is 0 Å². The van der Waals surface area contributed by atoms with Crippen LogP contribution in [0.5, 0.6) is 11.5 Å². The number of para-hydroxylation sites is 1. The molecule has 4 heteroatoms. The Morgan fingerprint density at radius 1 is 0.962 bits per heavy atom. The van der Waals surface area contributed by atoms with Gasteiger partial charge in [0.15, 0.2) is 0 Å². The molecule has 0 unspecified atom stereocenters. The number of pyridine rings is 1. The van der Waals surface area contributed by atoms with Crippen molar-refractivity contribution in [2.45, 2.75) is 25.6 Å². The second kappa shape index (κ2) is 8.02. The summed E-state index contributed by atoms with van der Waals surface area (Å²) in [6, 6.07) is 20.8. The van der Waals surface area contributed by atoms with Gasteiger partial charge in [-0.25, -0.2) is 0 Å². The first-order valence-electron chi connectivity index (χ1n) is 8.94. The first kappa shape index (κ1) is 16.6. The van der Waals surface area contributed by atoms with Gasteiger partial charge < -0.3 is 14.8 Å². The molecule has 4 nitrogen and oxygen atoms in total. The summed E-state index contributed by atoms with van der Waals surface area (Å²) >= 11 is 0. The molecular weight excluding hydrogens is 324 g/mol. The highest BCUT2D eigenvalue weighted by Crippen LogP contribution is 2.31. The Labute approximate surface area is 153 Å². The minimum Gasteiger partial charge on any atom is -0.493 e. The molecule has 4 rings (SSSR count). The number of rotatable bonds is 6. The molecule has 2 heterocycles. The predicted molar refractivity (Wildman–Crippen MR) is 101 cm³/mol. The van der Waals surface area contributed by atoms with Crippen LogP contribution in [-0.2, 0) is 13.2 Å². The van der Waals surface area contributed by atoms with E-state index in [4.69, 9.17) is 9.47 Å². The molecule has 3 aromatic rings. The van der Waals surface area contributed by atoms with Crippen molar-refractivity contribution in [3.63, 3.8) is 0 Å². The Balaban J connectivity index is 1.32. The van der Waals surface area contributed by atoms with Crippen LogP contribution in [0.2, 0.25) is 0 Å². The Bertz CT molecular complexity index is 834. The van der Waals surface area contributed by atoms with Crippen LogP contribution in [-0.4, -0.2) is 11.6 Å². The van der Waals surface area contributed by atoms with Crippen molar-refractivity contribution in [1.82, 2.24) is 10.3 Å². The van der Waals surface area contributed by atoms with E-state index in [1.54, 1.807) is 12.4 Å². The maximum Gasteiger partial charge on any atom is 0.124 e. The van der Waals surface area contributed by atoms with E-state index in [9.17, 15) is 0 Å². The zero-order valence-electron chi connectivity index (χ0n) is 14.6. The fraction of sp³-hybridized carbons (Fsp3) is 0.227. The number of benzene rings is 2. The van der Waals surface area contributed by atoms with Gasteiger partial charge in [-0.05, 0) is 41.5 Å². The topological polar surface area (TPSA) is 43.4 Å². The summed E-state index contributed by atoms with van der Waals surface area (Å²) < 4.78 is 11.5. The van der Waals surface area contributed by atoms with Crippen molar-refractivity contribution in [1.29, 1.82) is 0 Å². The van der Waals surface area contributed by atoms with Gasteiger partial charge in [-0.15, -0.1) is 0 Å². The summed E-state index contributed by atoms with van der Waals surface area (Å²) in [7, 11) is 0. The van der Waals surface area contributed by atoms with Gasteiger partial charge in [-0.3, -0.25) is 4.98 Å². The number of hydrogen-bond donors (Lipinski definition) is 1. The van der Waals surface area contributed by atoms with Gasteiger partial charge in [-0.1, -0.05) is 30.3 Å². The average Bonchev–Trinajstić information content (AvgIpc) is 2.72. The van der Waals surface area contributed by atoms with E-state index in [1.165, 1.54) is 11.1 Å². The Morgan fingerprint density at radius 2 is 1.77 bits per heavy atom. The van der Waals surface area contributed by atoms with Crippen LogP contribution in [0.25, 0.3) is 0 Å². The summed E-state index contributed by atoms with van der Waals surface area (Å²) in [5.74, 6) is 1.87. The van der Waals surface area contributed by atoms with Gasteiger partial charge in [0.2, 0.25) is 0 Å². The van der Waals surface area contributed by atoms with Crippen LogP contribution in [0.15, 0.2) is 73.1 Å². The summed E-state index contributed by atoms with van der Waals surface area (Å²) in [6.07, 6.45) is 4.55. The van der Waals surface area contributed by atoms with Crippen LogP contribution in [0.3, 0.4) is 0 Å². The van der Waals surface area contributed by atoms with Gasteiger partial charge >= 0.3 is 0 Å². The molecule has 1 aliphatic heterocycles. The van der Waals surface area contributed by atoms with E-state index in [2.05, 4.69) is 34.6 Å². The molecule has 0 fully saturated rings. The normalized spacial score (nSPS) is 15.8. The van der Waals surface area contributed by atoms with Crippen LogP contribution < -0.4 is 14.8 Å². The summed E-state index contributed by atoms with van der Waals surface area (Å²) in [6.45, 7) is 2.14. The van der Waals surface area contributed by atoms with E-state index >= 15 is 0 Å². The number of nitrogens with zero attached hydrogens (tertiary/aromatic N) is 1. The van der Waals surface area contributed by atoms with E-state index in [0.29, 0.717) is 12.6 Å². The summed E-state index contributed by atoms with van der Waals surface area (Å²) in [4.78, 5) is 4.01. The smallest absolute Gasteiger partial charge is 0.124 e. The van der Waals surface area contributed by atoms with Crippen LogP contribution in [0.4, 0.5) is 0 Å². The average molecular weight is 346 g/mol. The Kier molecular flexibility index (Phi) is 5.12. The molecule has 0 spiro atoms. The fourth-order valence-corrected chi connectivity index (χ4v) is 3.14. The van der Waals surface area contributed by atoms with Crippen molar-refractivity contribution >= 4 is 0 Å². The number of nitrogens with one attached hydrogen (secondary N) is 1. The Hall–Kier alpha value is -2.85. The molecular formula is C22H22N2O2. The highest BCUT2D eigenvalue weighted by atomic mass is 16.5. The number of hydrogen-bond acceptors (Lipinski definition) is 4. The van der Waals surface area contributed by atoms with Crippen LogP contribution >= 0.6 is 0 Å². The maximum atomic E-state index is 5.82. The highest BCUT2D eigenvalue weighted by molar-refractivity contribution is 5.37. The molecule has 1 N–H and O–H groups in total. The quantitative estimate of drug-likeness (QED) is 0.724. The first-order valence-corrected chi connectivity index (χ1v) is 8.94.